The number of methoxy groups -OCH3 is 1. The summed E-state index contributed by atoms with van der Waals surface area (Å²) in [5.41, 5.74) is 3.05. The third kappa shape index (κ3) is 3.15. The van der Waals surface area contributed by atoms with Crippen LogP contribution in [0.2, 0.25) is 0 Å². The molecule has 0 bridgehead atoms. The molecule has 2 aliphatic rings. The summed E-state index contributed by atoms with van der Waals surface area (Å²) in [6.07, 6.45) is 3.41. The highest BCUT2D eigenvalue weighted by atomic mass is 16.5. The molecule has 4 heteroatoms. The van der Waals surface area contributed by atoms with Gasteiger partial charge in [0.05, 0.1) is 18.8 Å². The Bertz CT molecular complexity index is 584. The molecule has 1 fully saturated rings. The number of carbonyl (C=O) groups excluding carboxylic acids is 1. The predicted molar refractivity (Wildman–Crippen MR) is 90.0 cm³/mol. The number of ether oxygens (including phenoxy) is 1. The van der Waals surface area contributed by atoms with Crippen molar-refractivity contribution in [2.75, 3.05) is 20.2 Å². The fraction of sp³-hybridized carbons (Fsp3) is 0.632. The van der Waals surface area contributed by atoms with Crippen LogP contribution in [0, 0.1) is 11.8 Å². The topological polar surface area (TPSA) is 49.8 Å². The van der Waals surface area contributed by atoms with E-state index in [0.29, 0.717) is 23.1 Å². The molecule has 1 unspecified atom stereocenters. The van der Waals surface area contributed by atoms with Crippen LogP contribution in [0.4, 0.5) is 0 Å². The van der Waals surface area contributed by atoms with Crippen LogP contribution in [0.15, 0.2) is 12.1 Å². The SMILES string of the molecule is COc1cc2c(cc1C=O)C1C[C@@H](O)[C@H](CC(C)C)CN1CC2. The molecule has 126 valence electrons. The molecule has 3 rings (SSSR count). The Labute approximate surface area is 138 Å². The molecule has 0 radical (unpaired) electrons. The second-order valence-electron chi connectivity index (χ2n) is 7.36. The average molecular weight is 317 g/mol. The lowest BCUT2D eigenvalue weighted by atomic mass is 9.79. The van der Waals surface area contributed by atoms with Gasteiger partial charge < -0.3 is 9.84 Å². The molecule has 3 atom stereocenters. The summed E-state index contributed by atoms with van der Waals surface area (Å²) in [6, 6.07) is 4.19. The van der Waals surface area contributed by atoms with E-state index in [2.05, 4.69) is 18.7 Å². The number of fused-ring (bicyclic) bond motifs is 3. The molecule has 0 aromatic heterocycles. The van der Waals surface area contributed by atoms with Crippen molar-refractivity contribution in [2.45, 2.75) is 45.3 Å². The summed E-state index contributed by atoms with van der Waals surface area (Å²) in [5, 5.41) is 10.6. The third-order valence-corrected chi connectivity index (χ3v) is 5.34. The highest BCUT2D eigenvalue weighted by molar-refractivity contribution is 5.80. The van der Waals surface area contributed by atoms with E-state index in [1.54, 1.807) is 7.11 Å². The monoisotopic (exact) mass is 317 g/mol. The normalized spacial score (nSPS) is 27.4. The first-order valence-electron chi connectivity index (χ1n) is 8.61. The van der Waals surface area contributed by atoms with E-state index in [4.69, 9.17) is 4.74 Å². The summed E-state index contributed by atoms with van der Waals surface area (Å²) in [5.74, 6) is 1.62. The van der Waals surface area contributed by atoms with Crippen LogP contribution in [-0.4, -0.2) is 42.6 Å². The molecule has 0 amide bonds. The maximum Gasteiger partial charge on any atom is 0.153 e. The van der Waals surface area contributed by atoms with Crippen LogP contribution in [0.1, 0.15) is 54.2 Å². The number of piperidine rings is 1. The largest absolute Gasteiger partial charge is 0.496 e. The Morgan fingerprint density at radius 1 is 1.43 bits per heavy atom. The Morgan fingerprint density at radius 2 is 2.22 bits per heavy atom. The van der Waals surface area contributed by atoms with Gasteiger partial charge in [0.1, 0.15) is 5.75 Å². The summed E-state index contributed by atoms with van der Waals surface area (Å²) >= 11 is 0. The Balaban J connectivity index is 1.88. The van der Waals surface area contributed by atoms with Gasteiger partial charge in [0.2, 0.25) is 0 Å². The molecular formula is C19H27NO3. The molecule has 1 aromatic rings. The molecule has 1 aromatic carbocycles. The molecule has 23 heavy (non-hydrogen) atoms. The van der Waals surface area contributed by atoms with Crippen molar-refractivity contribution in [3.05, 3.63) is 28.8 Å². The van der Waals surface area contributed by atoms with Gasteiger partial charge in [0.25, 0.3) is 0 Å². The van der Waals surface area contributed by atoms with Gasteiger partial charge in [0.15, 0.2) is 6.29 Å². The molecule has 1 saturated heterocycles. The molecule has 2 aliphatic heterocycles. The number of rotatable bonds is 4. The highest BCUT2D eigenvalue weighted by Gasteiger charge is 2.38. The number of benzene rings is 1. The second kappa shape index (κ2) is 6.62. The minimum atomic E-state index is -0.258. The van der Waals surface area contributed by atoms with Crippen LogP contribution >= 0.6 is 0 Å². The lowest BCUT2D eigenvalue weighted by molar-refractivity contribution is -0.0191. The van der Waals surface area contributed by atoms with Gasteiger partial charge in [-0.15, -0.1) is 0 Å². The van der Waals surface area contributed by atoms with Gasteiger partial charge in [-0.2, -0.15) is 0 Å². The van der Waals surface area contributed by atoms with E-state index >= 15 is 0 Å². The zero-order chi connectivity index (χ0) is 16.6. The van der Waals surface area contributed by atoms with Crippen molar-refractivity contribution < 1.29 is 14.6 Å². The first-order chi connectivity index (χ1) is 11.0. The fourth-order valence-corrected chi connectivity index (χ4v) is 4.24. The minimum absolute atomic E-state index is 0.224. The third-order valence-electron chi connectivity index (χ3n) is 5.34. The molecule has 2 heterocycles. The summed E-state index contributed by atoms with van der Waals surface area (Å²) in [6.45, 7) is 6.40. The quantitative estimate of drug-likeness (QED) is 0.868. The summed E-state index contributed by atoms with van der Waals surface area (Å²) < 4.78 is 5.33. The van der Waals surface area contributed by atoms with Crippen molar-refractivity contribution in [3.8, 4) is 5.75 Å². The van der Waals surface area contributed by atoms with Crippen LogP contribution < -0.4 is 4.74 Å². The van der Waals surface area contributed by atoms with Crippen LogP contribution in [-0.2, 0) is 6.42 Å². The van der Waals surface area contributed by atoms with Crippen molar-refractivity contribution in [1.29, 1.82) is 0 Å². The van der Waals surface area contributed by atoms with E-state index in [0.717, 1.165) is 38.6 Å². The molecular weight excluding hydrogens is 290 g/mol. The summed E-state index contributed by atoms with van der Waals surface area (Å²) in [4.78, 5) is 13.8. The van der Waals surface area contributed by atoms with Crippen molar-refractivity contribution >= 4 is 6.29 Å². The number of carbonyl (C=O) groups is 1. The number of hydrogen-bond donors (Lipinski definition) is 1. The average Bonchev–Trinajstić information content (AvgIpc) is 2.53. The van der Waals surface area contributed by atoms with Crippen molar-refractivity contribution in [3.63, 3.8) is 0 Å². The second-order valence-corrected chi connectivity index (χ2v) is 7.36. The first kappa shape index (κ1) is 16.5. The minimum Gasteiger partial charge on any atom is -0.496 e. The molecule has 0 aliphatic carbocycles. The number of nitrogens with zero attached hydrogens (tertiary/aromatic N) is 1. The molecule has 0 saturated carbocycles. The Morgan fingerprint density at radius 3 is 2.87 bits per heavy atom. The van der Waals surface area contributed by atoms with E-state index in [1.807, 2.05) is 12.1 Å². The van der Waals surface area contributed by atoms with Gasteiger partial charge in [-0.05, 0) is 54.4 Å². The molecule has 4 nitrogen and oxygen atoms in total. The number of aliphatic hydroxyl groups is 1. The van der Waals surface area contributed by atoms with Gasteiger partial charge >= 0.3 is 0 Å². The van der Waals surface area contributed by atoms with E-state index in [1.165, 1.54) is 11.1 Å². The Kier molecular flexibility index (Phi) is 4.74. The van der Waals surface area contributed by atoms with Crippen LogP contribution in [0.5, 0.6) is 5.75 Å². The van der Waals surface area contributed by atoms with Gasteiger partial charge in [-0.3, -0.25) is 9.69 Å². The zero-order valence-corrected chi connectivity index (χ0v) is 14.3. The number of hydrogen-bond acceptors (Lipinski definition) is 4. The first-order valence-corrected chi connectivity index (χ1v) is 8.61. The fourth-order valence-electron chi connectivity index (χ4n) is 4.24. The standard InChI is InChI=1S/C19H27NO3/c1-12(2)6-14-10-20-5-4-13-8-19(23-3)15(11-21)7-16(13)17(20)9-18(14)22/h7-8,11-12,14,17-18,22H,4-6,9-10H2,1-3H3/t14-,17?,18-/m1/s1. The maximum atomic E-state index is 11.3. The van der Waals surface area contributed by atoms with Crippen LogP contribution in [0.3, 0.4) is 0 Å². The molecule has 0 spiro atoms. The van der Waals surface area contributed by atoms with Gasteiger partial charge in [0, 0.05) is 19.1 Å². The molecule has 1 N–H and O–H groups in total. The number of aldehydes is 1. The smallest absolute Gasteiger partial charge is 0.153 e. The van der Waals surface area contributed by atoms with Crippen molar-refractivity contribution in [2.24, 2.45) is 11.8 Å². The number of aliphatic hydroxyl groups excluding tert-OH is 1. The Hall–Kier alpha value is -1.39. The lowest BCUT2D eigenvalue weighted by Crippen LogP contribution is -2.48. The lowest BCUT2D eigenvalue weighted by Gasteiger charge is -2.46. The van der Waals surface area contributed by atoms with E-state index in [9.17, 15) is 9.90 Å². The van der Waals surface area contributed by atoms with Gasteiger partial charge in [-0.25, -0.2) is 0 Å². The van der Waals surface area contributed by atoms with Gasteiger partial charge in [-0.1, -0.05) is 13.8 Å². The zero-order valence-electron chi connectivity index (χ0n) is 14.3. The maximum absolute atomic E-state index is 11.3. The van der Waals surface area contributed by atoms with Crippen molar-refractivity contribution in [1.82, 2.24) is 4.90 Å². The summed E-state index contributed by atoms with van der Waals surface area (Å²) in [7, 11) is 1.60. The van der Waals surface area contributed by atoms with E-state index < -0.39 is 0 Å². The highest BCUT2D eigenvalue weighted by Crippen LogP contribution is 2.41. The van der Waals surface area contributed by atoms with Crippen LogP contribution in [0.25, 0.3) is 0 Å². The predicted octanol–water partition coefficient (Wildman–Crippen LogP) is 2.83. The van der Waals surface area contributed by atoms with E-state index in [-0.39, 0.29) is 12.1 Å².